The SMILES string of the molecule is CN(N=C(c1ccccc1O)c1ccccc1O)C(=O)c1cccnc1. The largest absolute Gasteiger partial charge is 0.507 e. The fraction of sp³-hybridized carbons (Fsp3) is 0.0500. The number of hydrogen-bond donors (Lipinski definition) is 2. The number of aromatic nitrogens is 1. The summed E-state index contributed by atoms with van der Waals surface area (Å²) in [7, 11) is 1.51. The monoisotopic (exact) mass is 347 g/mol. The minimum Gasteiger partial charge on any atom is -0.507 e. The van der Waals surface area contributed by atoms with E-state index in [0.717, 1.165) is 5.01 Å². The van der Waals surface area contributed by atoms with E-state index in [9.17, 15) is 15.0 Å². The van der Waals surface area contributed by atoms with Crippen LogP contribution in [0.5, 0.6) is 11.5 Å². The first-order valence-corrected chi connectivity index (χ1v) is 7.91. The van der Waals surface area contributed by atoms with Gasteiger partial charge < -0.3 is 10.2 Å². The number of phenolic OH excluding ortho intramolecular Hbond substituents is 2. The Morgan fingerprint density at radius 3 is 2.00 bits per heavy atom. The molecule has 2 aromatic carbocycles. The maximum absolute atomic E-state index is 12.6. The third kappa shape index (κ3) is 3.54. The van der Waals surface area contributed by atoms with Gasteiger partial charge in [0, 0.05) is 30.6 Å². The molecule has 26 heavy (non-hydrogen) atoms. The van der Waals surface area contributed by atoms with Crippen LogP contribution in [0, 0.1) is 0 Å². The second kappa shape index (κ2) is 7.48. The van der Waals surface area contributed by atoms with Crippen molar-refractivity contribution in [3.8, 4) is 11.5 Å². The van der Waals surface area contributed by atoms with Crippen LogP contribution in [0.25, 0.3) is 0 Å². The van der Waals surface area contributed by atoms with E-state index in [4.69, 9.17) is 0 Å². The first kappa shape index (κ1) is 17.2. The van der Waals surface area contributed by atoms with Crippen LogP contribution in [0.2, 0.25) is 0 Å². The number of pyridine rings is 1. The number of nitrogens with zero attached hydrogens (tertiary/aromatic N) is 3. The quantitative estimate of drug-likeness (QED) is 0.561. The summed E-state index contributed by atoms with van der Waals surface area (Å²) in [5, 5.41) is 26.0. The van der Waals surface area contributed by atoms with E-state index in [2.05, 4.69) is 10.1 Å². The third-order valence-corrected chi connectivity index (χ3v) is 3.77. The number of carbonyl (C=O) groups is 1. The van der Waals surface area contributed by atoms with Crippen molar-refractivity contribution in [2.45, 2.75) is 0 Å². The Morgan fingerprint density at radius 1 is 0.923 bits per heavy atom. The lowest BCUT2D eigenvalue weighted by Crippen LogP contribution is -2.24. The van der Waals surface area contributed by atoms with Gasteiger partial charge in [-0.25, -0.2) is 5.01 Å². The number of para-hydroxylation sites is 2. The molecule has 6 nitrogen and oxygen atoms in total. The van der Waals surface area contributed by atoms with Gasteiger partial charge in [0.05, 0.1) is 5.56 Å². The van der Waals surface area contributed by atoms with Gasteiger partial charge in [0.25, 0.3) is 5.91 Å². The van der Waals surface area contributed by atoms with Crippen molar-refractivity contribution in [2.75, 3.05) is 7.05 Å². The highest BCUT2D eigenvalue weighted by Gasteiger charge is 2.18. The Kier molecular flexibility index (Phi) is 4.94. The lowest BCUT2D eigenvalue weighted by atomic mass is 10.0. The molecule has 0 aliphatic heterocycles. The number of benzene rings is 2. The molecule has 0 aliphatic carbocycles. The summed E-state index contributed by atoms with van der Waals surface area (Å²) in [6.07, 6.45) is 3.03. The minimum atomic E-state index is -0.360. The Hall–Kier alpha value is -3.67. The van der Waals surface area contributed by atoms with Gasteiger partial charge in [0.15, 0.2) is 0 Å². The lowest BCUT2D eigenvalue weighted by Gasteiger charge is -2.16. The lowest BCUT2D eigenvalue weighted by molar-refractivity contribution is 0.0799. The molecule has 1 heterocycles. The summed E-state index contributed by atoms with van der Waals surface area (Å²) in [5.74, 6) is -0.366. The highest BCUT2D eigenvalue weighted by atomic mass is 16.3. The molecule has 1 aromatic heterocycles. The zero-order valence-electron chi connectivity index (χ0n) is 14.1. The fourth-order valence-electron chi connectivity index (χ4n) is 2.47. The molecule has 0 saturated carbocycles. The molecular formula is C20H17N3O3. The number of phenols is 2. The molecule has 0 atom stereocenters. The molecule has 130 valence electrons. The predicted octanol–water partition coefficient (Wildman–Crippen LogP) is 3.02. The van der Waals surface area contributed by atoms with Crippen LogP contribution in [0.1, 0.15) is 21.5 Å². The number of rotatable bonds is 4. The fourth-order valence-corrected chi connectivity index (χ4v) is 2.47. The Balaban J connectivity index is 2.09. The van der Waals surface area contributed by atoms with Crippen molar-refractivity contribution < 1.29 is 15.0 Å². The van der Waals surface area contributed by atoms with E-state index in [1.165, 1.54) is 25.4 Å². The number of aromatic hydroxyl groups is 2. The number of hydrazone groups is 1. The first-order valence-electron chi connectivity index (χ1n) is 7.91. The summed E-state index contributed by atoms with van der Waals surface area (Å²) in [6.45, 7) is 0. The zero-order chi connectivity index (χ0) is 18.5. The van der Waals surface area contributed by atoms with Crippen molar-refractivity contribution in [3.05, 3.63) is 89.7 Å². The van der Waals surface area contributed by atoms with E-state index >= 15 is 0 Å². The second-order valence-corrected chi connectivity index (χ2v) is 5.55. The summed E-state index contributed by atoms with van der Waals surface area (Å²) in [4.78, 5) is 16.5. The highest BCUT2D eigenvalue weighted by molar-refractivity contribution is 6.16. The molecule has 0 saturated heterocycles. The summed E-state index contributed by atoms with van der Waals surface area (Å²) < 4.78 is 0. The number of hydrogen-bond acceptors (Lipinski definition) is 5. The molecule has 3 rings (SSSR count). The van der Waals surface area contributed by atoms with Crippen molar-refractivity contribution >= 4 is 11.6 Å². The molecule has 6 heteroatoms. The van der Waals surface area contributed by atoms with Gasteiger partial charge in [-0.2, -0.15) is 5.10 Å². The standard InChI is InChI=1S/C20H17N3O3/c1-23(20(26)14-7-6-12-21-13-14)22-19(15-8-2-4-10-17(15)24)16-9-3-5-11-18(16)25/h2-13,24-25H,1H3. The van der Waals surface area contributed by atoms with Crippen molar-refractivity contribution in [1.82, 2.24) is 9.99 Å². The average molecular weight is 347 g/mol. The Bertz CT molecular complexity index is 908. The van der Waals surface area contributed by atoms with Gasteiger partial charge in [-0.3, -0.25) is 9.78 Å². The summed E-state index contributed by atoms with van der Waals surface area (Å²) >= 11 is 0. The van der Waals surface area contributed by atoms with Crippen LogP contribution in [0.15, 0.2) is 78.2 Å². The first-order chi connectivity index (χ1) is 12.6. The average Bonchev–Trinajstić information content (AvgIpc) is 2.67. The molecule has 0 aliphatic rings. The second-order valence-electron chi connectivity index (χ2n) is 5.55. The van der Waals surface area contributed by atoms with Crippen molar-refractivity contribution in [1.29, 1.82) is 0 Å². The zero-order valence-corrected chi connectivity index (χ0v) is 14.1. The van der Waals surface area contributed by atoms with Gasteiger partial charge in [-0.15, -0.1) is 0 Å². The van der Waals surface area contributed by atoms with Gasteiger partial charge >= 0.3 is 0 Å². The summed E-state index contributed by atoms with van der Waals surface area (Å²) in [5.41, 5.74) is 1.47. The topological polar surface area (TPSA) is 86.0 Å². The molecule has 1 amide bonds. The molecule has 0 spiro atoms. The number of amides is 1. The van der Waals surface area contributed by atoms with E-state index in [0.29, 0.717) is 16.7 Å². The molecular weight excluding hydrogens is 330 g/mol. The van der Waals surface area contributed by atoms with E-state index in [1.54, 1.807) is 54.7 Å². The van der Waals surface area contributed by atoms with Crippen LogP contribution in [0.4, 0.5) is 0 Å². The maximum Gasteiger partial charge on any atom is 0.275 e. The smallest absolute Gasteiger partial charge is 0.275 e. The van der Waals surface area contributed by atoms with Crippen molar-refractivity contribution in [2.24, 2.45) is 5.10 Å². The maximum atomic E-state index is 12.6. The molecule has 2 N–H and O–H groups in total. The normalized spacial score (nSPS) is 10.2. The van der Waals surface area contributed by atoms with Crippen LogP contribution in [0.3, 0.4) is 0 Å². The molecule has 0 fully saturated rings. The van der Waals surface area contributed by atoms with Crippen LogP contribution >= 0.6 is 0 Å². The van der Waals surface area contributed by atoms with Gasteiger partial charge in [0.2, 0.25) is 0 Å². The Labute approximate surface area is 150 Å². The van der Waals surface area contributed by atoms with Crippen LogP contribution < -0.4 is 0 Å². The van der Waals surface area contributed by atoms with Crippen LogP contribution in [-0.2, 0) is 0 Å². The van der Waals surface area contributed by atoms with E-state index in [1.807, 2.05) is 0 Å². The Morgan fingerprint density at radius 2 is 1.50 bits per heavy atom. The van der Waals surface area contributed by atoms with Gasteiger partial charge in [-0.1, -0.05) is 24.3 Å². The van der Waals surface area contributed by atoms with E-state index in [-0.39, 0.29) is 23.1 Å². The van der Waals surface area contributed by atoms with Crippen molar-refractivity contribution in [3.63, 3.8) is 0 Å². The molecule has 3 aromatic rings. The van der Waals surface area contributed by atoms with E-state index < -0.39 is 0 Å². The minimum absolute atomic E-state index is 0.00303. The van der Waals surface area contributed by atoms with Gasteiger partial charge in [-0.05, 0) is 36.4 Å². The molecule has 0 unspecified atom stereocenters. The molecule has 0 bridgehead atoms. The van der Waals surface area contributed by atoms with Crippen LogP contribution in [-0.4, -0.2) is 38.9 Å². The predicted molar refractivity (Wildman–Crippen MR) is 98.2 cm³/mol. The highest BCUT2D eigenvalue weighted by Crippen LogP contribution is 2.26. The number of carbonyl (C=O) groups excluding carboxylic acids is 1. The summed E-state index contributed by atoms with van der Waals surface area (Å²) in [6, 6.07) is 16.5. The molecule has 0 radical (unpaired) electrons. The van der Waals surface area contributed by atoms with Gasteiger partial charge in [0.1, 0.15) is 17.2 Å². The third-order valence-electron chi connectivity index (χ3n) is 3.77.